The van der Waals surface area contributed by atoms with Gasteiger partial charge < -0.3 is 68.2 Å². The highest BCUT2D eigenvalue weighted by Gasteiger charge is 2.45. The predicted octanol–water partition coefficient (Wildman–Crippen LogP) is 1.59. The van der Waals surface area contributed by atoms with Crippen LogP contribution in [-0.2, 0) is 54.1 Å². The lowest BCUT2D eigenvalue weighted by Gasteiger charge is -2.39. The van der Waals surface area contributed by atoms with E-state index in [1.54, 1.807) is 67.7 Å². The van der Waals surface area contributed by atoms with Gasteiger partial charge in [-0.2, -0.15) is 0 Å². The van der Waals surface area contributed by atoms with Gasteiger partial charge in [-0.1, -0.05) is 30.3 Å². The van der Waals surface area contributed by atoms with Gasteiger partial charge in [-0.25, -0.2) is 9.59 Å². The fraction of sp³-hybridized carbons (Fsp3) is 0.553. The van der Waals surface area contributed by atoms with E-state index in [1.807, 2.05) is 0 Å². The van der Waals surface area contributed by atoms with Gasteiger partial charge in [0, 0.05) is 12.6 Å². The Labute approximate surface area is 329 Å². The van der Waals surface area contributed by atoms with Crippen LogP contribution in [0.4, 0.5) is 15.3 Å². The van der Waals surface area contributed by atoms with Crippen molar-refractivity contribution in [1.29, 1.82) is 0 Å². The molecule has 1 saturated heterocycles. The van der Waals surface area contributed by atoms with Gasteiger partial charge in [0.25, 0.3) is 0 Å². The van der Waals surface area contributed by atoms with E-state index < -0.39 is 98.8 Å². The Morgan fingerprint density at radius 1 is 0.737 bits per heavy atom. The molecule has 1 fully saturated rings. The fourth-order valence-electron chi connectivity index (χ4n) is 4.77. The number of hydrogen-bond donors (Lipinski definition) is 5. The second-order valence-corrected chi connectivity index (χ2v) is 13.3. The number of carbonyl (C=O) groups excluding carboxylic acids is 4. The first-order chi connectivity index (χ1) is 27.2. The summed E-state index contributed by atoms with van der Waals surface area (Å²) in [6.45, 7) is 1.17. The van der Waals surface area contributed by atoms with Gasteiger partial charge in [-0.3, -0.25) is 14.6 Å². The van der Waals surface area contributed by atoms with Crippen molar-refractivity contribution in [3.8, 4) is 5.75 Å². The van der Waals surface area contributed by atoms with E-state index in [0.717, 1.165) is 5.56 Å². The monoisotopic (exact) mass is 809 g/mol. The number of hydrogen-bond acceptors (Lipinski definition) is 19. The fourth-order valence-corrected chi connectivity index (χ4v) is 4.77. The minimum atomic E-state index is -1.66. The van der Waals surface area contributed by atoms with Gasteiger partial charge in [0.2, 0.25) is 6.29 Å². The Balaban J connectivity index is 1.33. The third-order valence-electron chi connectivity index (χ3n) is 8.37. The average Bonchev–Trinajstić information content (AvgIpc) is 3.22. The number of ether oxygens (including phenoxy) is 9. The largest absolute Gasteiger partial charge is 0.508 e. The van der Waals surface area contributed by atoms with Crippen molar-refractivity contribution in [1.82, 2.24) is 0 Å². The molecule has 0 aromatic heterocycles. The van der Waals surface area contributed by atoms with E-state index in [1.165, 1.54) is 13.8 Å². The molecule has 2 aromatic rings. The van der Waals surface area contributed by atoms with E-state index in [4.69, 9.17) is 42.6 Å². The topological polar surface area (TPSA) is 265 Å². The first kappa shape index (κ1) is 46.5. The first-order valence-corrected chi connectivity index (χ1v) is 18.0. The third-order valence-corrected chi connectivity index (χ3v) is 8.37. The minimum Gasteiger partial charge on any atom is -0.465 e. The lowest BCUT2D eigenvalue weighted by atomic mass is 9.93. The number of carbonyl (C=O) groups is 4. The van der Waals surface area contributed by atoms with Gasteiger partial charge in [-0.15, -0.1) is 0 Å². The molecule has 7 atom stereocenters. The smallest absolute Gasteiger partial charge is 0.465 e. The molecule has 0 saturated carbocycles. The molecule has 19 nitrogen and oxygen atoms in total. The van der Waals surface area contributed by atoms with Crippen molar-refractivity contribution in [2.75, 3.05) is 59.5 Å². The van der Waals surface area contributed by atoms with Crippen molar-refractivity contribution >= 4 is 36.2 Å². The van der Waals surface area contributed by atoms with E-state index in [0.29, 0.717) is 17.9 Å². The molecule has 19 heteroatoms. The van der Waals surface area contributed by atoms with Gasteiger partial charge in [-0.05, 0) is 50.6 Å². The molecule has 3 rings (SSSR count). The van der Waals surface area contributed by atoms with Crippen LogP contribution in [0.1, 0.15) is 32.8 Å². The Kier molecular flexibility index (Phi) is 19.1. The SMILES string of the molecule is CCOC(=O)C(C)(COC(=O)OCCOCCC=Nc1ccc(O[C@@H]2O[C@H](CO)[C@H](O)[C@H](O)[C@H]2O)cc1)COC(=O)OCC(C)(CO)C(=O)OCc1ccccc1. The predicted molar refractivity (Wildman–Crippen MR) is 195 cm³/mol. The first-order valence-electron chi connectivity index (χ1n) is 18.0. The molecule has 1 aliphatic heterocycles. The van der Waals surface area contributed by atoms with E-state index in [2.05, 4.69) is 4.99 Å². The molecule has 2 aromatic carbocycles. The van der Waals surface area contributed by atoms with Gasteiger partial charge >= 0.3 is 24.2 Å². The normalized spacial score (nSPS) is 21.4. The van der Waals surface area contributed by atoms with Crippen LogP contribution in [0.2, 0.25) is 0 Å². The zero-order valence-corrected chi connectivity index (χ0v) is 31.9. The summed E-state index contributed by atoms with van der Waals surface area (Å²) in [5, 5.41) is 49.1. The maximum Gasteiger partial charge on any atom is 0.508 e. The van der Waals surface area contributed by atoms with Crippen LogP contribution >= 0.6 is 0 Å². The summed E-state index contributed by atoms with van der Waals surface area (Å²) in [7, 11) is 0. The summed E-state index contributed by atoms with van der Waals surface area (Å²) >= 11 is 0. The van der Waals surface area contributed by atoms with E-state index >= 15 is 0 Å². The third kappa shape index (κ3) is 14.8. The second-order valence-electron chi connectivity index (χ2n) is 13.3. The maximum atomic E-state index is 12.7. The summed E-state index contributed by atoms with van der Waals surface area (Å²) in [6, 6.07) is 15.2. The van der Waals surface area contributed by atoms with Crippen molar-refractivity contribution in [2.24, 2.45) is 15.8 Å². The number of aliphatic hydroxyl groups is 5. The van der Waals surface area contributed by atoms with Gasteiger partial charge in [0.1, 0.15) is 74.0 Å². The molecule has 1 aliphatic rings. The number of nitrogens with zero attached hydrogens (tertiary/aromatic N) is 1. The highest BCUT2D eigenvalue weighted by Crippen LogP contribution is 2.26. The lowest BCUT2D eigenvalue weighted by Crippen LogP contribution is -2.60. The molecule has 0 bridgehead atoms. The lowest BCUT2D eigenvalue weighted by molar-refractivity contribution is -0.277. The molecular weight excluding hydrogens is 758 g/mol. The number of aliphatic hydroxyl groups excluding tert-OH is 5. The van der Waals surface area contributed by atoms with Crippen molar-refractivity contribution in [2.45, 2.75) is 64.5 Å². The van der Waals surface area contributed by atoms with Gasteiger partial charge in [0.15, 0.2) is 0 Å². The van der Waals surface area contributed by atoms with E-state index in [-0.39, 0.29) is 33.0 Å². The summed E-state index contributed by atoms with van der Waals surface area (Å²) in [5.74, 6) is -1.35. The zero-order chi connectivity index (χ0) is 41.8. The second kappa shape index (κ2) is 23.4. The van der Waals surface area contributed by atoms with Crippen LogP contribution in [0, 0.1) is 10.8 Å². The molecule has 5 N–H and O–H groups in total. The van der Waals surface area contributed by atoms with Crippen LogP contribution in [0.15, 0.2) is 59.6 Å². The summed E-state index contributed by atoms with van der Waals surface area (Å²) in [5.41, 5.74) is -1.96. The van der Waals surface area contributed by atoms with E-state index in [9.17, 15) is 44.7 Å². The molecule has 0 radical (unpaired) electrons. The molecule has 316 valence electrons. The molecule has 57 heavy (non-hydrogen) atoms. The quantitative estimate of drug-likeness (QED) is 0.0489. The van der Waals surface area contributed by atoms with Crippen LogP contribution in [0.25, 0.3) is 0 Å². The summed E-state index contributed by atoms with van der Waals surface area (Å²) < 4.78 is 46.8. The zero-order valence-electron chi connectivity index (χ0n) is 31.9. The molecule has 0 spiro atoms. The Morgan fingerprint density at radius 2 is 1.35 bits per heavy atom. The molecule has 0 aliphatic carbocycles. The van der Waals surface area contributed by atoms with Crippen LogP contribution in [0.3, 0.4) is 0 Å². The molecule has 1 heterocycles. The Bertz CT molecular complexity index is 1570. The molecule has 2 unspecified atom stereocenters. The van der Waals surface area contributed by atoms with Crippen molar-refractivity contribution in [3.05, 3.63) is 60.2 Å². The van der Waals surface area contributed by atoms with Crippen LogP contribution < -0.4 is 4.74 Å². The van der Waals surface area contributed by atoms with Gasteiger partial charge in [0.05, 0.1) is 38.7 Å². The number of aliphatic imine (C=N–C) groups is 1. The van der Waals surface area contributed by atoms with Crippen molar-refractivity contribution in [3.63, 3.8) is 0 Å². The summed E-state index contributed by atoms with van der Waals surface area (Å²) in [6.07, 6.45) is -7.37. The summed E-state index contributed by atoms with van der Waals surface area (Å²) in [4.78, 5) is 54.2. The van der Waals surface area contributed by atoms with Crippen LogP contribution in [0.5, 0.6) is 5.75 Å². The number of esters is 2. The molecule has 0 amide bonds. The van der Waals surface area contributed by atoms with Crippen molar-refractivity contribution < 1.29 is 87.3 Å². The Hall–Kier alpha value is -4.89. The molecular formula is C38H51NO18. The Morgan fingerprint density at radius 3 is 1.96 bits per heavy atom. The maximum absolute atomic E-state index is 12.7. The number of rotatable bonds is 22. The van der Waals surface area contributed by atoms with Crippen LogP contribution in [-0.4, -0.2) is 146 Å². The number of benzene rings is 2. The standard InChI is InChI=1S/C38H51NO18/c1-4-50-34(46)38(3,24-55-36(48)53-22-37(2,21-41)33(45)52-20-25-9-6-5-7-10-25)23-54-35(47)51-18-17-49-16-8-15-39-26-11-13-27(14-12-26)56-32-31(44)30(43)29(42)28(19-40)57-32/h5-7,9-15,28-32,40-44H,4,8,16-24H2,1-3H3/t28-,29+,30+,31-,32-,37?,38?/m1/s1. The minimum absolute atomic E-state index is 0.0128. The average molecular weight is 810 g/mol. The highest BCUT2D eigenvalue weighted by atomic mass is 16.7. The highest BCUT2D eigenvalue weighted by molar-refractivity contribution is 5.78.